The lowest BCUT2D eigenvalue weighted by atomic mass is 9.96. The van der Waals surface area contributed by atoms with E-state index in [1.165, 1.54) is 39.2 Å². The predicted octanol–water partition coefficient (Wildman–Crippen LogP) is 4.86. The average Bonchev–Trinajstić information content (AvgIpc) is 2.72. The molecule has 8 nitrogen and oxygen atoms in total. The van der Waals surface area contributed by atoms with Crippen LogP contribution in [0.25, 0.3) is 10.7 Å². The summed E-state index contributed by atoms with van der Waals surface area (Å²) >= 11 is 12.9. The molecule has 2 heterocycles. The summed E-state index contributed by atoms with van der Waals surface area (Å²) in [7, 11) is -6.81. The van der Waals surface area contributed by atoms with Crippen LogP contribution in [0.2, 0.25) is 10.0 Å². The van der Waals surface area contributed by atoms with Crippen molar-refractivity contribution in [3.05, 3.63) is 57.3 Å². The molecule has 0 unspecified atom stereocenters. The standard InChI is InChI=1S/C23H26Cl2N2O6S2/c1-22(2,3)21(28)33-19-17-14(9-8-12-26-17)23(4,5)35(31,32)20(19)13-10-11-15(24)18(16(13)25)27(6)34(7,29)30/h8-12H,1-7H3. The molecule has 0 atom stereocenters. The number of halogens is 2. The van der Waals surface area contributed by atoms with E-state index in [1.807, 2.05) is 0 Å². The Bertz CT molecular complexity index is 1470. The van der Waals surface area contributed by atoms with Crippen LogP contribution in [0.3, 0.4) is 0 Å². The highest BCUT2D eigenvalue weighted by Gasteiger charge is 2.49. The van der Waals surface area contributed by atoms with Gasteiger partial charge in [0.25, 0.3) is 0 Å². The van der Waals surface area contributed by atoms with Gasteiger partial charge in [0.2, 0.25) is 10.0 Å². The van der Waals surface area contributed by atoms with Crippen LogP contribution in [-0.4, -0.2) is 41.1 Å². The zero-order chi connectivity index (χ0) is 26.7. The lowest BCUT2D eigenvalue weighted by Gasteiger charge is -2.35. The molecule has 1 aromatic heterocycles. The van der Waals surface area contributed by atoms with Crippen molar-refractivity contribution in [2.24, 2.45) is 5.41 Å². The molecular formula is C23H26Cl2N2O6S2. The van der Waals surface area contributed by atoms with Crippen LogP contribution < -0.4 is 4.31 Å². The first kappa shape index (κ1) is 27.4. The molecule has 0 bridgehead atoms. The molecule has 0 fully saturated rings. The van der Waals surface area contributed by atoms with Gasteiger partial charge >= 0.3 is 5.97 Å². The molecule has 0 saturated carbocycles. The second kappa shape index (κ2) is 8.76. The van der Waals surface area contributed by atoms with E-state index < -0.39 is 36.0 Å². The molecule has 3 rings (SSSR count). The van der Waals surface area contributed by atoms with E-state index in [2.05, 4.69) is 4.98 Å². The van der Waals surface area contributed by atoms with Gasteiger partial charge in [-0.25, -0.2) is 16.8 Å². The maximum absolute atomic E-state index is 14.1. The van der Waals surface area contributed by atoms with Crippen molar-refractivity contribution in [2.75, 3.05) is 17.6 Å². The fraction of sp³-hybridized carbons (Fsp3) is 0.391. The minimum absolute atomic E-state index is 0.00787. The number of sulfone groups is 1. The molecule has 190 valence electrons. The van der Waals surface area contributed by atoms with Crippen LogP contribution in [0, 0.1) is 5.41 Å². The Labute approximate surface area is 215 Å². The van der Waals surface area contributed by atoms with Gasteiger partial charge in [-0.1, -0.05) is 35.3 Å². The Morgan fingerprint density at radius 1 is 1.14 bits per heavy atom. The number of rotatable bonds is 4. The Kier molecular flexibility index (Phi) is 6.87. The topological polar surface area (TPSA) is 111 Å². The Morgan fingerprint density at radius 2 is 1.74 bits per heavy atom. The number of fused-ring (bicyclic) bond motifs is 1. The highest BCUT2D eigenvalue weighted by molar-refractivity contribution is 8.01. The van der Waals surface area contributed by atoms with Crippen molar-refractivity contribution in [1.29, 1.82) is 0 Å². The van der Waals surface area contributed by atoms with Crippen LogP contribution in [0.4, 0.5) is 5.69 Å². The zero-order valence-electron chi connectivity index (χ0n) is 20.3. The summed E-state index contributed by atoms with van der Waals surface area (Å²) in [4.78, 5) is 16.9. The smallest absolute Gasteiger partial charge is 0.316 e. The van der Waals surface area contributed by atoms with Gasteiger partial charge in [-0.3, -0.25) is 14.1 Å². The van der Waals surface area contributed by atoms with Crippen LogP contribution in [0.1, 0.15) is 51.4 Å². The van der Waals surface area contributed by atoms with Gasteiger partial charge in [-0.2, -0.15) is 0 Å². The highest BCUT2D eigenvalue weighted by atomic mass is 35.5. The summed E-state index contributed by atoms with van der Waals surface area (Å²) in [5.41, 5.74) is -0.623. The number of nitrogens with zero attached hydrogens (tertiary/aromatic N) is 2. The third-order valence-electron chi connectivity index (χ3n) is 5.75. The number of carbonyl (C=O) groups excluding carboxylic acids is 1. The fourth-order valence-electron chi connectivity index (χ4n) is 3.48. The van der Waals surface area contributed by atoms with Crippen LogP contribution in [-0.2, 0) is 34.1 Å². The molecular weight excluding hydrogens is 535 g/mol. The van der Waals surface area contributed by atoms with E-state index in [1.54, 1.807) is 32.9 Å². The predicted molar refractivity (Wildman–Crippen MR) is 138 cm³/mol. The molecule has 0 spiro atoms. The van der Waals surface area contributed by atoms with E-state index in [-0.39, 0.29) is 37.7 Å². The van der Waals surface area contributed by atoms with Gasteiger partial charge < -0.3 is 4.74 Å². The van der Waals surface area contributed by atoms with E-state index in [0.717, 1.165) is 10.6 Å². The third-order valence-corrected chi connectivity index (χ3v) is 10.1. The van der Waals surface area contributed by atoms with Crippen LogP contribution >= 0.6 is 23.2 Å². The number of benzene rings is 1. The molecule has 0 saturated heterocycles. The molecule has 35 heavy (non-hydrogen) atoms. The molecule has 0 aliphatic carbocycles. The van der Waals surface area contributed by atoms with E-state index in [4.69, 9.17) is 27.9 Å². The van der Waals surface area contributed by atoms with Crippen molar-refractivity contribution < 1.29 is 26.4 Å². The van der Waals surface area contributed by atoms with Crippen LogP contribution in [0.5, 0.6) is 0 Å². The number of carbonyl (C=O) groups is 1. The number of sulfonamides is 1. The van der Waals surface area contributed by atoms with Crippen molar-refractivity contribution >= 4 is 65.4 Å². The summed E-state index contributed by atoms with van der Waals surface area (Å²) < 4.78 is 57.7. The summed E-state index contributed by atoms with van der Waals surface area (Å²) in [5, 5.41) is -0.241. The van der Waals surface area contributed by atoms with Gasteiger partial charge in [0.1, 0.15) is 10.6 Å². The molecule has 1 aromatic carbocycles. The van der Waals surface area contributed by atoms with Crippen molar-refractivity contribution in [3.63, 3.8) is 0 Å². The van der Waals surface area contributed by atoms with Gasteiger partial charge in [0.05, 0.1) is 32.2 Å². The van der Waals surface area contributed by atoms with E-state index >= 15 is 0 Å². The Balaban J connectivity index is 2.51. The van der Waals surface area contributed by atoms with E-state index in [9.17, 15) is 21.6 Å². The molecule has 1 aliphatic rings. The monoisotopic (exact) mass is 560 g/mol. The van der Waals surface area contributed by atoms with Gasteiger partial charge in [-0.05, 0) is 46.8 Å². The van der Waals surface area contributed by atoms with E-state index in [0.29, 0.717) is 5.56 Å². The number of aromatic nitrogens is 1. The summed E-state index contributed by atoms with van der Waals surface area (Å²) in [6.07, 6.45) is 2.42. The molecule has 1 aliphatic heterocycles. The molecule has 2 aromatic rings. The van der Waals surface area contributed by atoms with Crippen molar-refractivity contribution in [2.45, 2.75) is 39.4 Å². The Morgan fingerprint density at radius 3 is 2.29 bits per heavy atom. The lowest BCUT2D eigenvalue weighted by Crippen LogP contribution is -2.36. The first-order chi connectivity index (χ1) is 15.8. The van der Waals surface area contributed by atoms with Gasteiger partial charge in [0.15, 0.2) is 15.6 Å². The molecule has 0 amide bonds. The van der Waals surface area contributed by atoms with Crippen LogP contribution in [0.15, 0.2) is 30.5 Å². The largest absolute Gasteiger partial charge is 0.422 e. The number of ether oxygens (including phenoxy) is 1. The minimum Gasteiger partial charge on any atom is -0.422 e. The summed E-state index contributed by atoms with van der Waals surface area (Å²) in [6.45, 7) is 7.91. The first-order valence-corrected chi connectivity index (χ1v) is 14.5. The quantitative estimate of drug-likeness (QED) is 0.490. The molecule has 12 heteroatoms. The molecule has 0 N–H and O–H groups in total. The number of anilines is 1. The Hall–Kier alpha value is -2.14. The number of pyridine rings is 1. The maximum Gasteiger partial charge on any atom is 0.316 e. The highest BCUT2D eigenvalue weighted by Crippen LogP contribution is 2.52. The third kappa shape index (κ3) is 4.57. The number of hydrogen-bond acceptors (Lipinski definition) is 7. The number of hydrogen-bond donors (Lipinski definition) is 0. The summed E-state index contributed by atoms with van der Waals surface area (Å²) in [6, 6.07) is 5.89. The number of esters is 1. The normalized spacial score (nSPS) is 17.1. The van der Waals surface area contributed by atoms with Crippen molar-refractivity contribution in [3.8, 4) is 0 Å². The van der Waals surface area contributed by atoms with Gasteiger partial charge in [-0.15, -0.1) is 0 Å². The minimum atomic E-state index is -4.25. The van der Waals surface area contributed by atoms with Crippen molar-refractivity contribution in [1.82, 2.24) is 4.98 Å². The summed E-state index contributed by atoms with van der Waals surface area (Å²) in [5.74, 6) is -0.966. The fourth-order valence-corrected chi connectivity index (χ4v) is 6.68. The first-order valence-electron chi connectivity index (χ1n) is 10.4. The SMILES string of the molecule is CN(c1c(Cl)ccc(C2=C(OC(=O)C(C)(C)C)c3ncccc3C(C)(C)S2(=O)=O)c1Cl)S(C)(=O)=O. The lowest BCUT2D eigenvalue weighted by molar-refractivity contribution is -0.145. The van der Waals surface area contributed by atoms with Gasteiger partial charge in [0, 0.05) is 24.4 Å². The average molecular weight is 562 g/mol. The zero-order valence-corrected chi connectivity index (χ0v) is 23.4. The second-order valence-corrected chi connectivity index (χ2v) is 14.9. The second-order valence-electron chi connectivity index (χ2n) is 9.70. The molecule has 0 radical (unpaired) electrons. The maximum atomic E-state index is 14.1.